The third-order valence-electron chi connectivity index (χ3n) is 4.68. The highest BCUT2D eigenvalue weighted by atomic mass is 16.2. The fourth-order valence-electron chi connectivity index (χ4n) is 3.13. The molecular formula is C20H24N4O2. The Morgan fingerprint density at radius 2 is 1.77 bits per heavy atom. The Balaban J connectivity index is 1.71. The lowest BCUT2D eigenvalue weighted by Crippen LogP contribution is -2.50. The summed E-state index contributed by atoms with van der Waals surface area (Å²) in [6.07, 6.45) is 2.57. The molecule has 1 fully saturated rings. The van der Waals surface area contributed by atoms with Crippen LogP contribution in [0.3, 0.4) is 0 Å². The van der Waals surface area contributed by atoms with Gasteiger partial charge in [-0.3, -0.25) is 9.59 Å². The summed E-state index contributed by atoms with van der Waals surface area (Å²) in [6, 6.07) is 11.6. The van der Waals surface area contributed by atoms with Crippen LogP contribution in [-0.2, 0) is 11.2 Å². The minimum absolute atomic E-state index is 0.0255. The number of pyridine rings is 1. The molecule has 0 spiro atoms. The second-order valence-corrected chi connectivity index (χ2v) is 6.36. The maximum atomic E-state index is 12.8. The van der Waals surface area contributed by atoms with Crippen LogP contribution in [0.5, 0.6) is 0 Å². The average molecular weight is 352 g/mol. The summed E-state index contributed by atoms with van der Waals surface area (Å²) in [7, 11) is 0. The van der Waals surface area contributed by atoms with Crippen molar-refractivity contribution in [3.63, 3.8) is 0 Å². The number of para-hydroxylation sites is 1. The molecule has 0 radical (unpaired) electrons. The molecule has 1 N–H and O–H groups in total. The fourth-order valence-corrected chi connectivity index (χ4v) is 3.13. The number of aromatic nitrogens is 1. The average Bonchev–Trinajstić information content (AvgIpc) is 2.68. The van der Waals surface area contributed by atoms with E-state index in [2.05, 4.69) is 23.3 Å². The molecule has 0 unspecified atom stereocenters. The molecule has 26 heavy (non-hydrogen) atoms. The van der Waals surface area contributed by atoms with E-state index in [1.807, 2.05) is 18.2 Å². The molecule has 1 saturated heterocycles. The van der Waals surface area contributed by atoms with Crippen LogP contribution < -0.4 is 5.32 Å². The summed E-state index contributed by atoms with van der Waals surface area (Å²) >= 11 is 0. The quantitative estimate of drug-likeness (QED) is 0.919. The standard InChI is InChI=1S/C20H24N4O2/c1-3-16-6-4-5-7-18(16)22-19-14-17(8-9-21-19)20(26)24-12-10-23(11-13-24)15(2)25/h4-9,14H,3,10-13H2,1-2H3,(H,21,22). The highest BCUT2D eigenvalue weighted by molar-refractivity contribution is 5.95. The Hall–Kier alpha value is -2.89. The van der Waals surface area contributed by atoms with Gasteiger partial charge in [-0.25, -0.2) is 4.98 Å². The van der Waals surface area contributed by atoms with Gasteiger partial charge in [-0.05, 0) is 30.2 Å². The first-order valence-electron chi connectivity index (χ1n) is 8.94. The summed E-state index contributed by atoms with van der Waals surface area (Å²) in [5.41, 5.74) is 2.81. The van der Waals surface area contributed by atoms with Crippen molar-refractivity contribution < 1.29 is 9.59 Å². The maximum Gasteiger partial charge on any atom is 0.254 e. The van der Waals surface area contributed by atoms with Gasteiger partial charge in [0.05, 0.1) is 0 Å². The van der Waals surface area contributed by atoms with E-state index in [0.717, 1.165) is 12.1 Å². The van der Waals surface area contributed by atoms with Crippen molar-refractivity contribution in [2.45, 2.75) is 20.3 Å². The molecule has 3 rings (SSSR count). The van der Waals surface area contributed by atoms with Crippen LogP contribution in [0.4, 0.5) is 11.5 Å². The number of nitrogens with zero attached hydrogens (tertiary/aromatic N) is 3. The van der Waals surface area contributed by atoms with Crippen molar-refractivity contribution in [1.29, 1.82) is 0 Å². The second-order valence-electron chi connectivity index (χ2n) is 6.36. The van der Waals surface area contributed by atoms with Gasteiger partial charge < -0.3 is 15.1 Å². The van der Waals surface area contributed by atoms with Gasteiger partial charge in [0, 0.05) is 50.6 Å². The van der Waals surface area contributed by atoms with E-state index >= 15 is 0 Å². The van der Waals surface area contributed by atoms with Crippen LogP contribution >= 0.6 is 0 Å². The first kappa shape index (κ1) is 17.9. The van der Waals surface area contributed by atoms with E-state index in [1.165, 1.54) is 5.56 Å². The first-order valence-corrected chi connectivity index (χ1v) is 8.94. The molecule has 1 aromatic heterocycles. The molecule has 0 saturated carbocycles. The summed E-state index contributed by atoms with van der Waals surface area (Å²) in [6.45, 7) is 5.95. The number of piperazine rings is 1. The number of amides is 2. The van der Waals surface area contributed by atoms with Gasteiger partial charge in [0.2, 0.25) is 5.91 Å². The van der Waals surface area contributed by atoms with Crippen LogP contribution in [0.2, 0.25) is 0 Å². The Kier molecular flexibility index (Phi) is 5.51. The fraction of sp³-hybridized carbons (Fsp3) is 0.350. The number of carbonyl (C=O) groups is 2. The topological polar surface area (TPSA) is 65.5 Å². The largest absolute Gasteiger partial charge is 0.340 e. The second kappa shape index (κ2) is 7.99. The third kappa shape index (κ3) is 4.02. The Morgan fingerprint density at radius 3 is 2.46 bits per heavy atom. The summed E-state index contributed by atoms with van der Waals surface area (Å²) in [4.78, 5) is 32.1. The predicted molar refractivity (Wildman–Crippen MR) is 101 cm³/mol. The minimum atomic E-state index is -0.0255. The lowest BCUT2D eigenvalue weighted by molar-refractivity contribution is -0.130. The molecular weight excluding hydrogens is 328 g/mol. The molecule has 6 nitrogen and oxygen atoms in total. The van der Waals surface area contributed by atoms with E-state index in [9.17, 15) is 9.59 Å². The number of nitrogens with one attached hydrogen (secondary N) is 1. The van der Waals surface area contributed by atoms with Crippen LogP contribution in [0.15, 0.2) is 42.6 Å². The summed E-state index contributed by atoms with van der Waals surface area (Å²) < 4.78 is 0. The van der Waals surface area contributed by atoms with Gasteiger partial charge in [0.1, 0.15) is 5.82 Å². The number of rotatable bonds is 4. The lowest BCUT2D eigenvalue weighted by atomic mass is 10.1. The van der Waals surface area contributed by atoms with Gasteiger partial charge in [-0.15, -0.1) is 0 Å². The first-order chi connectivity index (χ1) is 12.6. The van der Waals surface area contributed by atoms with E-state index in [4.69, 9.17) is 0 Å². The molecule has 136 valence electrons. The third-order valence-corrected chi connectivity index (χ3v) is 4.68. The smallest absolute Gasteiger partial charge is 0.254 e. The van der Waals surface area contributed by atoms with Crippen molar-refractivity contribution in [3.05, 3.63) is 53.7 Å². The monoisotopic (exact) mass is 352 g/mol. The zero-order chi connectivity index (χ0) is 18.5. The number of hydrogen-bond acceptors (Lipinski definition) is 4. The molecule has 0 bridgehead atoms. The van der Waals surface area contributed by atoms with Crippen molar-refractivity contribution in [1.82, 2.24) is 14.8 Å². The van der Waals surface area contributed by atoms with Crippen LogP contribution in [0.25, 0.3) is 0 Å². The highest BCUT2D eigenvalue weighted by Gasteiger charge is 2.23. The summed E-state index contributed by atoms with van der Waals surface area (Å²) in [5, 5.41) is 3.31. The molecule has 0 atom stereocenters. The highest BCUT2D eigenvalue weighted by Crippen LogP contribution is 2.21. The number of anilines is 2. The van der Waals surface area contributed by atoms with Crippen LogP contribution in [0, 0.1) is 0 Å². The molecule has 2 heterocycles. The van der Waals surface area contributed by atoms with Gasteiger partial charge in [0.15, 0.2) is 0 Å². The van der Waals surface area contributed by atoms with Crippen LogP contribution in [0.1, 0.15) is 29.8 Å². The molecule has 6 heteroatoms. The van der Waals surface area contributed by atoms with Crippen LogP contribution in [-0.4, -0.2) is 52.8 Å². The predicted octanol–water partition coefficient (Wildman–Crippen LogP) is 2.69. The lowest BCUT2D eigenvalue weighted by Gasteiger charge is -2.34. The van der Waals surface area contributed by atoms with E-state index in [1.54, 1.807) is 35.1 Å². The van der Waals surface area contributed by atoms with Gasteiger partial charge in [-0.1, -0.05) is 25.1 Å². The molecule has 0 aliphatic carbocycles. The molecule has 1 aromatic carbocycles. The van der Waals surface area contributed by atoms with Crippen molar-refractivity contribution in [2.75, 3.05) is 31.5 Å². The van der Waals surface area contributed by atoms with E-state index < -0.39 is 0 Å². The Morgan fingerprint density at radius 1 is 1.08 bits per heavy atom. The minimum Gasteiger partial charge on any atom is -0.340 e. The molecule has 1 aliphatic rings. The normalized spacial score (nSPS) is 14.2. The van der Waals surface area contributed by atoms with Crippen molar-refractivity contribution in [2.24, 2.45) is 0 Å². The van der Waals surface area contributed by atoms with E-state index in [-0.39, 0.29) is 11.8 Å². The maximum absolute atomic E-state index is 12.8. The van der Waals surface area contributed by atoms with Gasteiger partial charge >= 0.3 is 0 Å². The molecule has 1 aliphatic heterocycles. The number of benzene rings is 1. The van der Waals surface area contributed by atoms with Crippen molar-refractivity contribution >= 4 is 23.3 Å². The number of aryl methyl sites for hydroxylation is 1. The zero-order valence-electron chi connectivity index (χ0n) is 15.2. The molecule has 2 amide bonds. The Bertz CT molecular complexity index is 798. The van der Waals surface area contributed by atoms with E-state index in [0.29, 0.717) is 37.6 Å². The van der Waals surface area contributed by atoms with Crippen molar-refractivity contribution in [3.8, 4) is 0 Å². The SMILES string of the molecule is CCc1ccccc1Nc1cc(C(=O)N2CCN(C(C)=O)CC2)ccn1. The van der Waals surface area contributed by atoms with Gasteiger partial charge in [0.25, 0.3) is 5.91 Å². The zero-order valence-corrected chi connectivity index (χ0v) is 15.2. The number of carbonyl (C=O) groups excluding carboxylic acids is 2. The Labute approximate surface area is 153 Å². The number of hydrogen-bond donors (Lipinski definition) is 1. The molecule has 2 aromatic rings. The summed E-state index contributed by atoms with van der Waals surface area (Å²) in [5.74, 6) is 0.684. The van der Waals surface area contributed by atoms with Gasteiger partial charge in [-0.2, -0.15) is 0 Å².